The van der Waals surface area contributed by atoms with Gasteiger partial charge in [0.05, 0.1) is 23.3 Å². The van der Waals surface area contributed by atoms with Gasteiger partial charge in [0.15, 0.2) is 5.82 Å². The lowest BCUT2D eigenvalue weighted by Gasteiger charge is -2.34. The molecule has 2 heterocycles. The van der Waals surface area contributed by atoms with E-state index in [1.807, 2.05) is 24.0 Å². The first-order valence-electron chi connectivity index (χ1n) is 8.36. The molecule has 1 fully saturated rings. The summed E-state index contributed by atoms with van der Waals surface area (Å²) in [5.74, 6) is 0.217. The largest absolute Gasteiger partial charge is 0.496 e. The molecule has 2 N–H and O–H groups in total. The SMILES string of the molecule is COc1ccc(S(=O)(=O)N2CCN(c3ccc(C)nn3)CC2)cc1C(N)=O. The Balaban J connectivity index is 1.78. The molecule has 1 aliphatic rings. The van der Waals surface area contributed by atoms with Gasteiger partial charge in [-0.2, -0.15) is 9.40 Å². The predicted octanol–water partition coefficient (Wildman–Crippen LogP) is 0.403. The van der Waals surface area contributed by atoms with Crippen molar-refractivity contribution >= 4 is 21.7 Å². The molecule has 10 heteroatoms. The number of rotatable bonds is 5. The summed E-state index contributed by atoms with van der Waals surface area (Å²) in [5.41, 5.74) is 6.19. The van der Waals surface area contributed by atoms with Crippen molar-refractivity contribution < 1.29 is 17.9 Å². The number of carbonyl (C=O) groups excluding carboxylic acids is 1. The third-order valence-corrected chi connectivity index (χ3v) is 6.32. The number of ether oxygens (including phenoxy) is 1. The number of hydrogen-bond donors (Lipinski definition) is 1. The second kappa shape index (κ2) is 7.49. The van der Waals surface area contributed by atoms with Crippen LogP contribution in [0.5, 0.6) is 5.75 Å². The maximum atomic E-state index is 12.9. The van der Waals surface area contributed by atoms with Gasteiger partial charge in [-0.1, -0.05) is 0 Å². The van der Waals surface area contributed by atoms with Crippen molar-refractivity contribution in [1.29, 1.82) is 0 Å². The zero-order valence-corrected chi connectivity index (χ0v) is 15.9. The molecular weight excluding hydrogens is 370 g/mol. The Morgan fingerprint density at radius 1 is 1.11 bits per heavy atom. The van der Waals surface area contributed by atoms with Crippen molar-refractivity contribution in [3.8, 4) is 5.75 Å². The maximum absolute atomic E-state index is 12.9. The van der Waals surface area contributed by atoms with Crippen molar-refractivity contribution in [1.82, 2.24) is 14.5 Å². The van der Waals surface area contributed by atoms with Gasteiger partial charge in [-0.3, -0.25) is 4.79 Å². The fourth-order valence-corrected chi connectivity index (χ4v) is 4.36. The van der Waals surface area contributed by atoms with E-state index in [2.05, 4.69) is 10.2 Å². The first-order chi connectivity index (χ1) is 12.8. The minimum atomic E-state index is -3.75. The first-order valence-corrected chi connectivity index (χ1v) is 9.80. The second-order valence-corrected chi connectivity index (χ2v) is 8.09. The van der Waals surface area contributed by atoms with Crippen LogP contribution < -0.4 is 15.4 Å². The van der Waals surface area contributed by atoms with Crippen LogP contribution in [0.1, 0.15) is 16.1 Å². The molecule has 0 saturated carbocycles. The highest BCUT2D eigenvalue weighted by Crippen LogP contribution is 2.25. The third kappa shape index (κ3) is 3.86. The quantitative estimate of drug-likeness (QED) is 0.784. The summed E-state index contributed by atoms with van der Waals surface area (Å²) >= 11 is 0. The topological polar surface area (TPSA) is 119 Å². The summed E-state index contributed by atoms with van der Waals surface area (Å²) in [6.07, 6.45) is 0. The molecule has 1 saturated heterocycles. The molecule has 1 amide bonds. The summed E-state index contributed by atoms with van der Waals surface area (Å²) in [4.78, 5) is 13.6. The lowest BCUT2D eigenvalue weighted by Crippen LogP contribution is -2.49. The molecule has 0 spiro atoms. The van der Waals surface area contributed by atoms with E-state index in [4.69, 9.17) is 10.5 Å². The van der Waals surface area contributed by atoms with Crippen LogP contribution >= 0.6 is 0 Å². The Morgan fingerprint density at radius 2 is 1.81 bits per heavy atom. The van der Waals surface area contributed by atoms with Crippen molar-refractivity contribution in [2.45, 2.75) is 11.8 Å². The molecule has 1 aromatic carbocycles. The number of piperazine rings is 1. The molecule has 9 nitrogen and oxygen atoms in total. The van der Waals surface area contributed by atoms with Gasteiger partial charge < -0.3 is 15.4 Å². The Hall–Kier alpha value is -2.72. The van der Waals surface area contributed by atoms with E-state index in [0.29, 0.717) is 26.2 Å². The Morgan fingerprint density at radius 3 is 2.37 bits per heavy atom. The summed E-state index contributed by atoms with van der Waals surface area (Å²) in [7, 11) is -2.36. The average Bonchev–Trinajstić information content (AvgIpc) is 2.68. The minimum Gasteiger partial charge on any atom is -0.496 e. The molecule has 0 unspecified atom stereocenters. The maximum Gasteiger partial charge on any atom is 0.252 e. The average molecular weight is 391 g/mol. The fraction of sp³-hybridized carbons (Fsp3) is 0.353. The van der Waals surface area contributed by atoms with Gasteiger partial charge in [0.25, 0.3) is 5.91 Å². The number of primary amides is 1. The van der Waals surface area contributed by atoms with E-state index in [0.717, 1.165) is 11.5 Å². The van der Waals surface area contributed by atoms with Crippen molar-refractivity contribution in [3.05, 3.63) is 41.6 Å². The first kappa shape index (κ1) is 19.1. The van der Waals surface area contributed by atoms with Crippen LogP contribution in [0, 0.1) is 6.92 Å². The van der Waals surface area contributed by atoms with E-state index in [1.165, 1.54) is 29.6 Å². The number of amides is 1. The summed E-state index contributed by atoms with van der Waals surface area (Å²) in [6.45, 7) is 3.45. The Kier molecular flexibility index (Phi) is 5.29. The lowest BCUT2D eigenvalue weighted by molar-refractivity contribution is 0.0997. The number of aryl methyl sites for hydroxylation is 1. The summed E-state index contributed by atoms with van der Waals surface area (Å²) in [6, 6.07) is 7.85. The Labute approximate surface area is 157 Å². The number of hydrogen-bond acceptors (Lipinski definition) is 7. The minimum absolute atomic E-state index is 0.0145. The molecule has 1 aromatic heterocycles. The van der Waals surface area contributed by atoms with E-state index in [1.54, 1.807) is 0 Å². The predicted molar refractivity (Wildman–Crippen MR) is 99.3 cm³/mol. The number of aromatic nitrogens is 2. The zero-order valence-electron chi connectivity index (χ0n) is 15.1. The van der Waals surface area contributed by atoms with Crippen LogP contribution in [0.4, 0.5) is 5.82 Å². The van der Waals surface area contributed by atoms with Crippen molar-refractivity contribution in [2.75, 3.05) is 38.2 Å². The molecule has 0 aliphatic carbocycles. The van der Waals surface area contributed by atoms with Gasteiger partial charge in [-0.15, -0.1) is 5.10 Å². The van der Waals surface area contributed by atoms with Gasteiger partial charge in [0, 0.05) is 26.2 Å². The van der Waals surface area contributed by atoms with E-state index >= 15 is 0 Å². The van der Waals surface area contributed by atoms with Crippen LogP contribution in [0.3, 0.4) is 0 Å². The highest BCUT2D eigenvalue weighted by atomic mass is 32.2. The molecule has 27 heavy (non-hydrogen) atoms. The van der Waals surface area contributed by atoms with Crippen molar-refractivity contribution in [3.63, 3.8) is 0 Å². The molecular formula is C17H21N5O4S. The smallest absolute Gasteiger partial charge is 0.252 e. The number of methoxy groups -OCH3 is 1. The number of benzene rings is 1. The third-order valence-electron chi connectivity index (χ3n) is 4.42. The second-order valence-electron chi connectivity index (χ2n) is 6.15. The van der Waals surface area contributed by atoms with Gasteiger partial charge in [0.2, 0.25) is 10.0 Å². The number of nitrogens with zero attached hydrogens (tertiary/aromatic N) is 4. The lowest BCUT2D eigenvalue weighted by atomic mass is 10.2. The molecule has 0 atom stereocenters. The normalized spacial score (nSPS) is 15.6. The molecule has 0 bridgehead atoms. The van der Waals surface area contributed by atoms with E-state index in [9.17, 15) is 13.2 Å². The summed E-state index contributed by atoms with van der Waals surface area (Å²) < 4.78 is 32.3. The van der Waals surface area contributed by atoms with Crippen LogP contribution in [-0.2, 0) is 10.0 Å². The van der Waals surface area contributed by atoms with Crippen LogP contribution in [0.15, 0.2) is 35.2 Å². The zero-order chi connectivity index (χ0) is 19.6. The van der Waals surface area contributed by atoms with Crippen molar-refractivity contribution in [2.24, 2.45) is 5.73 Å². The van der Waals surface area contributed by atoms with Gasteiger partial charge in [-0.05, 0) is 37.3 Å². The van der Waals surface area contributed by atoms with Gasteiger partial charge in [-0.25, -0.2) is 8.42 Å². The van der Waals surface area contributed by atoms with E-state index in [-0.39, 0.29) is 16.2 Å². The molecule has 0 radical (unpaired) electrons. The van der Waals surface area contributed by atoms with Crippen LogP contribution in [0.2, 0.25) is 0 Å². The van der Waals surface area contributed by atoms with Crippen LogP contribution in [-0.4, -0.2) is 62.1 Å². The molecule has 2 aromatic rings. The monoisotopic (exact) mass is 391 g/mol. The summed E-state index contributed by atoms with van der Waals surface area (Å²) in [5, 5.41) is 8.17. The van der Waals surface area contributed by atoms with Crippen LogP contribution in [0.25, 0.3) is 0 Å². The number of sulfonamides is 1. The highest BCUT2D eigenvalue weighted by Gasteiger charge is 2.30. The number of nitrogens with two attached hydrogens (primary N) is 1. The number of anilines is 1. The van der Waals surface area contributed by atoms with Gasteiger partial charge >= 0.3 is 0 Å². The standard InChI is InChI=1S/C17H21N5O4S/c1-12-3-6-16(20-19-12)21-7-9-22(10-8-21)27(24,25)13-4-5-15(26-2)14(11-13)17(18)23/h3-6,11H,7-10H2,1-2H3,(H2,18,23). The van der Waals surface area contributed by atoms with Gasteiger partial charge in [0.1, 0.15) is 5.75 Å². The molecule has 1 aliphatic heterocycles. The highest BCUT2D eigenvalue weighted by molar-refractivity contribution is 7.89. The Bertz CT molecular complexity index is 938. The van der Waals surface area contributed by atoms with E-state index < -0.39 is 15.9 Å². The number of carbonyl (C=O) groups is 1. The molecule has 3 rings (SSSR count). The molecule has 144 valence electrons. The fourth-order valence-electron chi connectivity index (χ4n) is 2.91.